The normalized spacial score (nSPS) is 18.1. The molecule has 0 aliphatic carbocycles. The molecule has 0 unspecified atom stereocenters. The highest BCUT2D eigenvalue weighted by Gasteiger charge is 2.52. The first kappa shape index (κ1) is 22.6. The summed E-state index contributed by atoms with van der Waals surface area (Å²) >= 11 is 0. The zero-order valence-corrected chi connectivity index (χ0v) is 19.4. The third-order valence-electron chi connectivity index (χ3n) is 5.64. The molecule has 0 N–H and O–H groups in total. The number of rotatable bonds is 5. The second-order valence-corrected chi connectivity index (χ2v) is 9.87. The van der Waals surface area contributed by atoms with E-state index in [1.54, 1.807) is 11.9 Å². The molecule has 8 nitrogen and oxygen atoms in total. The van der Waals surface area contributed by atoms with E-state index < -0.39 is 23.9 Å². The van der Waals surface area contributed by atoms with Crippen molar-refractivity contribution in [2.75, 3.05) is 13.6 Å². The van der Waals surface area contributed by atoms with Crippen LogP contribution in [0.1, 0.15) is 54.9 Å². The lowest BCUT2D eigenvalue weighted by Crippen LogP contribution is -2.41. The molecule has 1 fully saturated rings. The molecule has 30 heavy (non-hydrogen) atoms. The van der Waals surface area contributed by atoms with E-state index in [1.165, 1.54) is 0 Å². The van der Waals surface area contributed by atoms with Crippen LogP contribution < -0.4 is 5.46 Å². The first-order valence-corrected chi connectivity index (χ1v) is 10.4. The minimum Gasteiger partial charge on any atom is -0.444 e. The van der Waals surface area contributed by atoms with Crippen molar-refractivity contribution in [2.45, 2.75) is 78.2 Å². The Labute approximate surface area is 179 Å². The molecule has 2 heterocycles. The van der Waals surface area contributed by atoms with E-state index in [2.05, 4.69) is 10.3 Å². The number of carbonyl (C=O) groups excluding carboxylic acids is 1. The standard InChI is InChI=1S/C21H33BN4O4/c1-19(2,3)28-18(27)25(8)13-10-14-26-17-15(11-9-12-16(17)23-24-26)22-29-20(4,5)21(6,7)30-22/h9,11-12H,10,13-14H2,1-8H3. The molecule has 1 aromatic carbocycles. The smallest absolute Gasteiger partial charge is 0.444 e. The summed E-state index contributed by atoms with van der Waals surface area (Å²) in [5.41, 5.74) is 1.25. The highest BCUT2D eigenvalue weighted by atomic mass is 16.7. The van der Waals surface area contributed by atoms with Gasteiger partial charge in [-0.25, -0.2) is 9.48 Å². The third kappa shape index (κ3) is 4.62. The zero-order chi connectivity index (χ0) is 22.3. The largest absolute Gasteiger partial charge is 0.497 e. The van der Waals surface area contributed by atoms with Crippen molar-refractivity contribution in [1.29, 1.82) is 0 Å². The van der Waals surface area contributed by atoms with Crippen LogP contribution in [0, 0.1) is 0 Å². The number of para-hydroxylation sites is 1. The third-order valence-corrected chi connectivity index (χ3v) is 5.64. The quantitative estimate of drug-likeness (QED) is 0.698. The number of carbonyl (C=O) groups is 1. The van der Waals surface area contributed by atoms with E-state index in [4.69, 9.17) is 14.0 Å². The van der Waals surface area contributed by atoms with Crippen molar-refractivity contribution in [3.63, 3.8) is 0 Å². The Kier molecular flexibility index (Phi) is 5.90. The fourth-order valence-electron chi connectivity index (χ4n) is 3.26. The topological polar surface area (TPSA) is 78.7 Å². The minimum atomic E-state index is -0.509. The zero-order valence-electron chi connectivity index (χ0n) is 19.4. The van der Waals surface area contributed by atoms with Crippen LogP contribution in [-0.2, 0) is 20.6 Å². The van der Waals surface area contributed by atoms with E-state index in [0.29, 0.717) is 19.5 Å². The lowest BCUT2D eigenvalue weighted by atomic mass is 9.78. The fourth-order valence-corrected chi connectivity index (χ4v) is 3.26. The number of aryl methyl sites for hydroxylation is 1. The van der Waals surface area contributed by atoms with Crippen LogP contribution >= 0.6 is 0 Å². The van der Waals surface area contributed by atoms with Gasteiger partial charge in [0.05, 0.1) is 16.7 Å². The Morgan fingerprint density at radius 3 is 2.43 bits per heavy atom. The average Bonchev–Trinajstić information content (AvgIpc) is 3.11. The maximum atomic E-state index is 12.1. The fraction of sp³-hybridized carbons (Fsp3) is 0.667. The van der Waals surface area contributed by atoms with Gasteiger partial charge in [0, 0.05) is 25.6 Å². The van der Waals surface area contributed by atoms with E-state index in [-0.39, 0.29) is 6.09 Å². The van der Waals surface area contributed by atoms with Gasteiger partial charge in [-0.1, -0.05) is 17.3 Å². The van der Waals surface area contributed by atoms with Gasteiger partial charge < -0.3 is 18.9 Å². The lowest BCUT2D eigenvalue weighted by molar-refractivity contribution is 0.00578. The summed E-state index contributed by atoms with van der Waals surface area (Å²) in [5, 5.41) is 8.62. The van der Waals surface area contributed by atoms with Gasteiger partial charge in [0.2, 0.25) is 0 Å². The highest BCUT2D eigenvalue weighted by molar-refractivity contribution is 6.64. The molecule has 1 saturated heterocycles. The number of fused-ring (bicyclic) bond motifs is 1. The van der Waals surface area contributed by atoms with Crippen LogP contribution in [0.25, 0.3) is 11.0 Å². The van der Waals surface area contributed by atoms with Gasteiger partial charge in [-0.15, -0.1) is 5.10 Å². The van der Waals surface area contributed by atoms with Crippen molar-refractivity contribution >= 4 is 29.7 Å². The van der Waals surface area contributed by atoms with E-state index in [0.717, 1.165) is 16.5 Å². The maximum absolute atomic E-state index is 12.1. The summed E-state index contributed by atoms with van der Waals surface area (Å²) < 4.78 is 19.7. The number of aromatic nitrogens is 3. The summed E-state index contributed by atoms with van der Waals surface area (Å²) in [5.74, 6) is 0. The Hall–Kier alpha value is -2.13. The number of hydrogen-bond donors (Lipinski definition) is 0. The monoisotopic (exact) mass is 416 g/mol. The molecule has 1 aromatic heterocycles. The van der Waals surface area contributed by atoms with Gasteiger partial charge in [-0.05, 0) is 61.0 Å². The molecule has 0 saturated carbocycles. The lowest BCUT2D eigenvalue weighted by Gasteiger charge is -2.32. The summed E-state index contributed by atoms with van der Waals surface area (Å²) in [6, 6.07) is 5.87. The molecule has 1 aliphatic heterocycles. The molecule has 2 aromatic rings. The Morgan fingerprint density at radius 2 is 1.83 bits per heavy atom. The first-order valence-electron chi connectivity index (χ1n) is 10.4. The molecule has 0 bridgehead atoms. The number of amides is 1. The second kappa shape index (κ2) is 7.85. The number of ether oxygens (including phenoxy) is 1. The molecule has 1 aliphatic rings. The van der Waals surface area contributed by atoms with Crippen LogP contribution in [0.3, 0.4) is 0 Å². The number of nitrogens with zero attached hydrogens (tertiary/aromatic N) is 4. The highest BCUT2D eigenvalue weighted by Crippen LogP contribution is 2.36. The van der Waals surface area contributed by atoms with Crippen LogP contribution in [0.2, 0.25) is 0 Å². The molecule has 0 atom stereocenters. The van der Waals surface area contributed by atoms with Gasteiger partial charge in [0.25, 0.3) is 0 Å². The van der Waals surface area contributed by atoms with Gasteiger partial charge in [-0.3, -0.25) is 0 Å². The van der Waals surface area contributed by atoms with Crippen LogP contribution in [0.5, 0.6) is 0 Å². The number of hydrogen-bond acceptors (Lipinski definition) is 6. The van der Waals surface area contributed by atoms with E-state index >= 15 is 0 Å². The molecule has 0 radical (unpaired) electrons. The first-order chi connectivity index (χ1) is 13.8. The molecule has 0 spiro atoms. The maximum Gasteiger partial charge on any atom is 0.497 e. The molecule has 164 valence electrons. The van der Waals surface area contributed by atoms with Crippen molar-refractivity contribution in [1.82, 2.24) is 19.9 Å². The van der Waals surface area contributed by atoms with Crippen LogP contribution in [-0.4, -0.2) is 63.5 Å². The molecule has 3 rings (SSSR count). The SMILES string of the molecule is CN(CCCn1nnc2cccc(B3OC(C)(C)C(C)(C)O3)c21)C(=O)OC(C)(C)C. The Balaban J connectivity index is 1.73. The average molecular weight is 416 g/mol. The molecular formula is C21H33BN4O4. The van der Waals surface area contributed by atoms with Crippen molar-refractivity contribution in [2.24, 2.45) is 0 Å². The van der Waals surface area contributed by atoms with Crippen molar-refractivity contribution in [3.8, 4) is 0 Å². The van der Waals surface area contributed by atoms with E-state index in [1.807, 2.05) is 71.3 Å². The molecule has 9 heteroatoms. The summed E-state index contributed by atoms with van der Waals surface area (Å²) in [7, 11) is 1.25. The Bertz CT molecular complexity index is 903. The van der Waals surface area contributed by atoms with Gasteiger partial charge >= 0.3 is 13.2 Å². The molecule has 1 amide bonds. The van der Waals surface area contributed by atoms with Gasteiger partial charge in [0.15, 0.2) is 0 Å². The minimum absolute atomic E-state index is 0.330. The van der Waals surface area contributed by atoms with Gasteiger partial charge in [-0.2, -0.15) is 0 Å². The summed E-state index contributed by atoms with van der Waals surface area (Å²) in [6.07, 6.45) is 0.384. The van der Waals surface area contributed by atoms with Gasteiger partial charge in [0.1, 0.15) is 11.1 Å². The van der Waals surface area contributed by atoms with Crippen molar-refractivity contribution < 1.29 is 18.8 Å². The predicted molar refractivity (Wildman–Crippen MR) is 117 cm³/mol. The van der Waals surface area contributed by atoms with Crippen LogP contribution in [0.4, 0.5) is 4.79 Å². The predicted octanol–water partition coefficient (Wildman–Crippen LogP) is 2.99. The molecular weight excluding hydrogens is 383 g/mol. The number of benzene rings is 1. The Morgan fingerprint density at radius 1 is 1.20 bits per heavy atom. The summed E-state index contributed by atoms with van der Waals surface area (Å²) in [4.78, 5) is 13.7. The van der Waals surface area contributed by atoms with Crippen molar-refractivity contribution in [3.05, 3.63) is 18.2 Å². The second-order valence-electron chi connectivity index (χ2n) is 9.87. The summed E-state index contributed by atoms with van der Waals surface area (Å²) in [6.45, 7) is 14.9. The van der Waals surface area contributed by atoms with E-state index in [9.17, 15) is 4.79 Å². The van der Waals surface area contributed by atoms with Crippen LogP contribution in [0.15, 0.2) is 18.2 Å².